The minimum atomic E-state index is -0.415. The summed E-state index contributed by atoms with van der Waals surface area (Å²) in [5.41, 5.74) is 0.941. The van der Waals surface area contributed by atoms with Crippen molar-refractivity contribution in [3.63, 3.8) is 0 Å². The summed E-state index contributed by atoms with van der Waals surface area (Å²) in [4.78, 5) is 4.11. The van der Waals surface area contributed by atoms with Crippen molar-refractivity contribution in [3.05, 3.63) is 18.2 Å². The van der Waals surface area contributed by atoms with E-state index in [0.29, 0.717) is 0 Å². The Hall–Kier alpha value is -0.870. The number of aryl methyl sites for hydroxylation is 1. The van der Waals surface area contributed by atoms with Gasteiger partial charge in [-0.05, 0) is 25.8 Å². The van der Waals surface area contributed by atoms with Gasteiger partial charge < -0.3 is 15.0 Å². The van der Waals surface area contributed by atoms with Crippen LogP contribution in [-0.2, 0) is 6.54 Å². The zero-order chi connectivity index (χ0) is 10.7. The molecule has 0 saturated carbocycles. The van der Waals surface area contributed by atoms with E-state index < -0.39 is 6.10 Å². The lowest BCUT2D eigenvalue weighted by Gasteiger charge is -2.19. The highest BCUT2D eigenvalue weighted by atomic mass is 16.3. The van der Waals surface area contributed by atoms with Crippen LogP contribution in [0.2, 0.25) is 0 Å². The number of hydrogen-bond donors (Lipinski definition) is 2. The molecule has 0 aromatic carbocycles. The van der Waals surface area contributed by atoms with Crippen molar-refractivity contribution in [1.29, 1.82) is 0 Å². The van der Waals surface area contributed by atoms with E-state index in [9.17, 15) is 5.11 Å². The minimum absolute atomic E-state index is 0.206. The Kier molecular flexibility index (Phi) is 3.38. The van der Waals surface area contributed by atoms with E-state index >= 15 is 0 Å². The molecule has 4 heteroatoms. The third-order valence-electron chi connectivity index (χ3n) is 2.99. The van der Waals surface area contributed by atoms with E-state index in [4.69, 9.17) is 0 Å². The van der Waals surface area contributed by atoms with Gasteiger partial charge in [0.25, 0.3) is 0 Å². The monoisotopic (exact) mass is 209 g/mol. The highest BCUT2D eigenvalue weighted by Gasteiger charge is 2.25. The molecule has 0 aliphatic carbocycles. The Labute approximate surface area is 90.3 Å². The number of imidazole rings is 1. The van der Waals surface area contributed by atoms with Crippen molar-refractivity contribution in [2.75, 3.05) is 6.54 Å². The third-order valence-corrected chi connectivity index (χ3v) is 2.99. The van der Waals surface area contributed by atoms with Gasteiger partial charge in [0, 0.05) is 12.6 Å². The average Bonchev–Trinajstić information content (AvgIpc) is 2.87. The molecule has 2 N–H and O–H groups in total. The highest BCUT2D eigenvalue weighted by Crippen LogP contribution is 2.22. The van der Waals surface area contributed by atoms with Crippen LogP contribution in [0.5, 0.6) is 0 Å². The van der Waals surface area contributed by atoms with Gasteiger partial charge in [0.15, 0.2) is 0 Å². The number of hydrogen-bond acceptors (Lipinski definition) is 3. The number of rotatable bonds is 4. The summed E-state index contributed by atoms with van der Waals surface area (Å²) in [6.45, 7) is 4.08. The van der Waals surface area contributed by atoms with Crippen molar-refractivity contribution in [1.82, 2.24) is 14.9 Å². The molecule has 1 aromatic heterocycles. The largest absolute Gasteiger partial charge is 0.385 e. The van der Waals surface area contributed by atoms with Crippen LogP contribution in [0, 0.1) is 0 Å². The Morgan fingerprint density at radius 2 is 2.60 bits per heavy atom. The molecule has 2 atom stereocenters. The maximum Gasteiger partial charge on any atom is 0.111 e. The van der Waals surface area contributed by atoms with Crippen LogP contribution in [0.25, 0.3) is 0 Å². The van der Waals surface area contributed by atoms with Crippen LogP contribution < -0.4 is 5.32 Å². The fourth-order valence-corrected chi connectivity index (χ4v) is 2.19. The number of nitrogens with zero attached hydrogens (tertiary/aromatic N) is 2. The zero-order valence-corrected chi connectivity index (χ0v) is 9.19. The second-order valence-electron chi connectivity index (χ2n) is 4.16. The first-order chi connectivity index (χ1) is 7.33. The Bertz CT molecular complexity index is 305. The normalized spacial score (nSPS) is 23.2. The number of aliphatic hydroxyl groups is 1. The topological polar surface area (TPSA) is 50.1 Å². The Morgan fingerprint density at radius 3 is 3.27 bits per heavy atom. The molecule has 1 fully saturated rings. The molecule has 2 unspecified atom stereocenters. The van der Waals surface area contributed by atoms with Crippen LogP contribution in [0.15, 0.2) is 12.5 Å². The van der Waals surface area contributed by atoms with Gasteiger partial charge in [-0.2, -0.15) is 0 Å². The molecular weight excluding hydrogens is 190 g/mol. The van der Waals surface area contributed by atoms with Crippen LogP contribution in [0.3, 0.4) is 0 Å². The second kappa shape index (κ2) is 4.77. The quantitative estimate of drug-likeness (QED) is 0.780. The fourth-order valence-electron chi connectivity index (χ4n) is 2.19. The lowest BCUT2D eigenvalue weighted by atomic mass is 10.1. The third kappa shape index (κ3) is 2.21. The van der Waals surface area contributed by atoms with Crippen LogP contribution >= 0.6 is 0 Å². The Morgan fingerprint density at radius 1 is 1.73 bits per heavy atom. The average molecular weight is 209 g/mol. The molecule has 84 valence electrons. The van der Waals surface area contributed by atoms with E-state index in [0.717, 1.165) is 38.0 Å². The van der Waals surface area contributed by atoms with Crippen molar-refractivity contribution in [2.24, 2.45) is 0 Å². The zero-order valence-electron chi connectivity index (χ0n) is 9.19. The molecule has 1 aromatic rings. The van der Waals surface area contributed by atoms with E-state index in [1.54, 1.807) is 12.5 Å². The van der Waals surface area contributed by atoms with Crippen LogP contribution in [0.1, 0.15) is 38.0 Å². The summed E-state index contributed by atoms with van der Waals surface area (Å²) < 4.78 is 2.05. The standard InChI is InChI=1S/C11H19N3O/c1-2-6-14-8-12-7-10(14)11(15)9-4-3-5-13-9/h7-9,11,13,15H,2-6H2,1H3. The minimum Gasteiger partial charge on any atom is -0.385 e. The van der Waals surface area contributed by atoms with Crippen molar-refractivity contribution < 1.29 is 5.11 Å². The van der Waals surface area contributed by atoms with Gasteiger partial charge in [-0.1, -0.05) is 6.92 Å². The molecule has 4 nitrogen and oxygen atoms in total. The first kappa shape index (κ1) is 10.6. The second-order valence-corrected chi connectivity index (χ2v) is 4.16. The SMILES string of the molecule is CCCn1cncc1C(O)C1CCCN1. The first-order valence-corrected chi connectivity index (χ1v) is 5.74. The molecular formula is C11H19N3O. The van der Waals surface area contributed by atoms with Crippen molar-refractivity contribution >= 4 is 0 Å². The Balaban J connectivity index is 2.09. The molecule has 0 bridgehead atoms. The van der Waals surface area contributed by atoms with E-state index in [-0.39, 0.29) is 6.04 Å². The summed E-state index contributed by atoms with van der Waals surface area (Å²) in [5.74, 6) is 0. The van der Waals surface area contributed by atoms with Gasteiger partial charge in [0.1, 0.15) is 6.10 Å². The number of aliphatic hydroxyl groups excluding tert-OH is 1. The summed E-state index contributed by atoms with van der Waals surface area (Å²) in [6.07, 6.45) is 6.44. The van der Waals surface area contributed by atoms with Crippen molar-refractivity contribution in [2.45, 2.75) is 44.9 Å². The van der Waals surface area contributed by atoms with Gasteiger partial charge in [-0.25, -0.2) is 4.98 Å². The molecule has 2 rings (SSSR count). The smallest absolute Gasteiger partial charge is 0.111 e. The van der Waals surface area contributed by atoms with Gasteiger partial charge >= 0.3 is 0 Å². The van der Waals surface area contributed by atoms with Gasteiger partial charge in [-0.15, -0.1) is 0 Å². The molecule has 1 saturated heterocycles. The molecule has 0 radical (unpaired) electrons. The molecule has 1 aliphatic heterocycles. The molecule has 15 heavy (non-hydrogen) atoms. The van der Waals surface area contributed by atoms with Crippen LogP contribution in [-0.4, -0.2) is 27.2 Å². The summed E-state index contributed by atoms with van der Waals surface area (Å²) in [5, 5.41) is 13.5. The predicted octanol–water partition coefficient (Wildman–Crippen LogP) is 1.08. The predicted molar refractivity (Wildman–Crippen MR) is 58.5 cm³/mol. The van der Waals surface area contributed by atoms with Crippen molar-refractivity contribution in [3.8, 4) is 0 Å². The summed E-state index contributed by atoms with van der Waals surface area (Å²) >= 11 is 0. The summed E-state index contributed by atoms with van der Waals surface area (Å²) in [7, 11) is 0. The number of nitrogens with one attached hydrogen (secondary N) is 1. The first-order valence-electron chi connectivity index (χ1n) is 5.74. The van der Waals surface area contributed by atoms with Crippen LogP contribution in [0.4, 0.5) is 0 Å². The molecule has 1 aliphatic rings. The molecule has 0 spiro atoms. The lowest BCUT2D eigenvalue weighted by molar-refractivity contribution is 0.129. The van der Waals surface area contributed by atoms with E-state index in [2.05, 4.69) is 17.2 Å². The van der Waals surface area contributed by atoms with E-state index in [1.165, 1.54) is 0 Å². The van der Waals surface area contributed by atoms with E-state index in [1.807, 2.05) is 4.57 Å². The van der Waals surface area contributed by atoms with Gasteiger partial charge in [0.05, 0.1) is 18.2 Å². The molecule has 0 amide bonds. The fraction of sp³-hybridized carbons (Fsp3) is 0.727. The summed E-state index contributed by atoms with van der Waals surface area (Å²) in [6, 6.07) is 0.206. The maximum absolute atomic E-state index is 10.2. The maximum atomic E-state index is 10.2. The lowest BCUT2D eigenvalue weighted by Crippen LogP contribution is -2.30. The highest BCUT2D eigenvalue weighted by molar-refractivity contribution is 5.06. The number of aromatic nitrogens is 2. The van der Waals surface area contributed by atoms with Gasteiger partial charge in [0.2, 0.25) is 0 Å². The van der Waals surface area contributed by atoms with Gasteiger partial charge in [-0.3, -0.25) is 0 Å². The molecule has 2 heterocycles.